The number of rotatable bonds is 4. The van der Waals surface area contributed by atoms with Crippen LogP contribution in [0.3, 0.4) is 0 Å². The fourth-order valence-corrected chi connectivity index (χ4v) is 1.34. The molecule has 0 aliphatic heterocycles. The van der Waals surface area contributed by atoms with Crippen molar-refractivity contribution < 1.29 is 85.7 Å². The van der Waals surface area contributed by atoms with Crippen LogP contribution in [0.15, 0.2) is 0 Å². The van der Waals surface area contributed by atoms with Gasteiger partial charge in [0.05, 0.1) is 26.2 Å². The zero-order chi connectivity index (χ0) is 30.0. The Hall–Kier alpha value is -0.785. The second-order valence-corrected chi connectivity index (χ2v) is 4.54. The molecule has 0 unspecified atom stereocenters. The normalized spacial score (nSPS) is 4.29. The van der Waals surface area contributed by atoms with Gasteiger partial charge < -0.3 is 4.48 Å². The van der Waals surface area contributed by atoms with E-state index in [4.69, 9.17) is 46.5 Å². The van der Waals surface area contributed by atoms with Crippen molar-refractivity contribution >= 4 is 22.3 Å². The van der Waals surface area contributed by atoms with Gasteiger partial charge in [-0.3, -0.25) is 0 Å². The summed E-state index contributed by atoms with van der Waals surface area (Å²) >= 11 is 2.07. The molecule has 187 valence electrons. The number of nitrogens with zero attached hydrogens (tertiary/aromatic N) is 1. The first kappa shape index (κ1) is 93.4. The molecule has 0 aromatic heterocycles. The summed E-state index contributed by atoms with van der Waals surface area (Å²) in [7, 11) is 0. The van der Waals surface area contributed by atoms with Gasteiger partial charge in [-0.1, -0.05) is 0 Å². The zero-order valence-corrected chi connectivity index (χ0v) is 24.2. The summed E-state index contributed by atoms with van der Waals surface area (Å²) in [4.78, 5) is 0. The maximum absolute atomic E-state index is 7.50. The molecule has 0 saturated heterocycles. The average molecular weight is 671 g/mol. The summed E-state index contributed by atoms with van der Waals surface area (Å²) < 4.78 is 77.5. The Balaban J connectivity index is -0.0000000116. The molecular weight excluding hydrogens is 646 g/mol. The van der Waals surface area contributed by atoms with Crippen LogP contribution in [-0.4, -0.2) is 53.0 Å². The molecule has 0 aliphatic rings. The molecule has 1 radical (unpaired) electrons. The second-order valence-electron chi connectivity index (χ2n) is 2.90. The maximum atomic E-state index is 7.50. The molecule has 0 heterocycles. The minimum Gasteiger partial charge on any atom is 0 e. The average Bonchev–Trinajstić information content (AvgIpc) is 2.97. The first-order chi connectivity index (χ1) is 15.7. The molecule has 0 aromatic rings. The summed E-state index contributed by atoms with van der Waals surface area (Å²) in [6.45, 7) is 61.4. The smallest absolute Gasteiger partial charge is 0 e. The van der Waals surface area contributed by atoms with Crippen molar-refractivity contribution in [2.75, 3.05) is 26.2 Å². The van der Waals surface area contributed by atoms with Gasteiger partial charge in [-0.2, -0.15) is 0 Å². The third-order valence-corrected chi connectivity index (χ3v) is 2.68. The van der Waals surface area contributed by atoms with Crippen molar-refractivity contribution in [3.63, 3.8) is 0 Å². The van der Waals surface area contributed by atoms with E-state index < -0.39 is 0 Å². The molecule has 0 aromatic carbocycles. The minimum absolute atomic E-state index is 0. The molecule has 0 spiro atoms. The van der Waals surface area contributed by atoms with E-state index in [9.17, 15) is 0 Å². The summed E-state index contributed by atoms with van der Waals surface area (Å²) in [5.74, 6) is 0. The topological polar surface area (TPSA) is 199 Å². The molecule has 0 rings (SSSR count). The van der Waals surface area contributed by atoms with Crippen LogP contribution in [0.1, 0.15) is 34.6 Å². The largest absolute Gasteiger partial charge is 0 e. The van der Waals surface area contributed by atoms with Gasteiger partial charge in [-0.05, 0) is 27.7 Å². The molecule has 0 fully saturated rings. The fourth-order valence-electron chi connectivity index (χ4n) is 1.34. The molecule has 0 bridgehead atoms. The molecular formula is C20H25Cr2NO10Te+. The van der Waals surface area contributed by atoms with E-state index in [1.807, 2.05) is 0 Å². The van der Waals surface area contributed by atoms with Gasteiger partial charge >= 0.3 is 147 Å². The molecule has 0 amide bonds. The molecule has 11 nitrogen and oxygen atoms in total. The van der Waals surface area contributed by atoms with Crippen LogP contribution in [0.5, 0.6) is 0 Å². The van der Waals surface area contributed by atoms with Crippen LogP contribution in [0, 0.1) is 66.5 Å². The van der Waals surface area contributed by atoms with E-state index in [1.165, 1.54) is 35.1 Å². The quantitative estimate of drug-likeness (QED) is 0.183. The van der Waals surface area contributed by atoms with Gasteiger partial charge in [0.2, 0.25) is 0 Å². The van der Waals surface area contributed by atoms with Crippen LogP contribution in [0.4, 0.5) is 0 Å². The Labute approximate surface area is 238 Å². The van der Waals surface area contributed by atoms with Crippen molar-refractivity contribution in [1.29, 1.82) is 0 Å². The Morgan fingerprint density at radius 1 is 0.382 bits per heavy atom. The van der Waals surface area contributed by atoms with E-state index in [0.29, 0.717) is 0 Å². The van der Waals surface area contributed by atoms with Crippen molar-refractivity contribution in [3.8, 4) is 0 Å². The second kappa shape index (κ2) is 301. The molecule has 0 aliphatic carbocycles. The van der Waals surface area contributed by atoms with E-state index >= 15 is 0 Å². The molecule has 0 N–H and O–H groups in total. The predicted octanol–water partition coefficient (Wildman–Crippen LogP) is 2.10. The Morgan fingerprint density at radius 3 is 0.441 bits per heavy atom. The maximum Gasteiger partial charge on any atom is 0 e. The van der Waals surface area contributed by atoms with E-state index in [0.717, 1.165) is 0 Å². The van der Waals surface area contributed by atoms with Crippen molar-refractivity contribution in [2.24, 2.45) is 0 Å². The van der Waals surface area contributed by atoms with Crippen molar-refractivity contribution in [2.45, 2.75) is 39.1 Å². The third-order valence-electron chi connectivity index (χ3n) is 2.68. The van der Waals surface area contributed by atoms with E-state index in [-0.39, 0.29) is 34.7 Å². The fraction of sp³-hybridized carbons (Fsp3) is 0.500. The van der Waals surface area contributed by atoms with Gasteiger partial charge in [0.15, 0.2) is 0 Å². The van der Waals surface area contributed by atoms with E-state index in [1.54, 1.807) is 0 Å². The molecule has 14 heteroatoms. The Kier molecular flexibility index (Phi) is 826. The van der Waals surface area contributed by atoms with Gasteiger partial charge in [0.25, 0.3) is 0 Å². The van der Waals surface area contributed by atoms with Crippen molar-refractivity contribution in [3.05, 3.63) is 66.5 Å². The summed E-state index contributed by atoms with van der Waals surface area (Å²) in [6.07, 6.45) is 0. The van der Waals surface area contributed by atoms with Crippen LogP contribution >= 0.6 is 0 Å². The predicted molar refractivity (Wildman–Crippen MR) is 98.0 cm³/mol. The first-order valence-corrected chi connectivity index (χ1v) is 8.78. The third kappa shape index (κ3) is 227. The molecule has 0 saturated carbocycles. The minimum atomic E-state index is 0. The van der Waals surface area contributed by atoms with Crippen molar-refractivity contribution in [1.82, 2.24) is 0 Å². The Bertz CT molecular complexity index is 320. The SMILES string of the molecule is CC[N+](CC)(CC)CC.CC[Te].[C-]#[O+].[C-]#[O+].[C-]#[O+].[C-]#[O+].[C-]#[O+].[C-]#[O+].[C-]#[O+].[C-]#[O+].[C-]#[O+].[C-]#[O+].[Cr].[Cr]. The molecule has 34 heavy (non-hydrogen) atoms. The van der Waals surface area contributed by atoms with Gasteiger partial charge in [0, 0.05) is 34.7 Å². The van der Waals surface area contributed by atoms with Crippen LogP contribution in [0.2, 0.25) is 4.47 Å². The van der Waals surface area contributed by atoms with Gasteiger partial charge in [-0.15, -0.1) is 0 Å². The van der Waals surface area contributed by atoms with Gasteiger partial charge in [-0.25, -0.2) is 0 Å². The van der Waals surface area contributed by atoms with Crippen LogP contribution < -0.4 is 0 Å². The number of quaternary nitrogens is 1. The van der Waals surface area contributed by atoms with E-state index in [2.05, 4.69) is 123 Å². The standard InChI is InChI=1S/C8H20N.C2H5Te.10CO.2Cr/c1-5-9(6-2,7-3)8-4;1-2-3;10*1-2;;/h5-8H2,1-4H3;2H2,1H3;;;;;;;;;;;;/q+1;;;;;;;;;;;;;. The monoisotopic (exact) mass is 673 g/mol. The van der Waals surface area contributed by atoms with Crippen LogP contribution in [-0.2, 0) is 81.2 Å². The molecule has 0 atom stereocenters. The van der Waals surface area contributed by atoms with Gasteiger partial charge in [0.1, 0.15) is 0 Å². The van der Waals surface area contributed by atoms with Crippen LogP contribution in [0.25, 0.3) is 0 Å². The number of hydrogen-bond acceptors (Lipinski definition) is 0. The number of hydrogen-bond donors (Lipinski definition) is 0. The zero-order valence-electron chi connectivity index (χ0n) is 19.3. The summed E-state index contributed by atoms with van der Waals surface area (Å²) in [6, 6.07) is 0. The summed E-state index contributed by atoms with van der Waals surface area (Å²) in [5.41, 5.74) is 0. The summed E-state index contributed by atoms with van der Waals surface area (Å²) in [5, 5.41) is 0. The first-order valence-electron chi connectivity index (χ1n) is 7.13. The Morgan fingerprint density at radius 2 is 0.441 bits per heavy atom.